The minimum atomic E-state index is 1.01. The summed E-state index contributed by atoms with van der Waals surface area (Å²) in [6, 6.07) is 38.1. The summed E-state index contributed by atoms with van der Waals surface area (Å²) in [4.78, 5) is 0. The molecular formula is C25H18N+. The maximum Gasteiger partial charge on any atom is 0.229 e. The van der Waals surface area contributed by atoms with Crippen molar-refractivity contribution < 1.29 is 4.57 Å². The maximum absolute atomic E-state index is 5.93. The van der Waals surface area contributed by atoms with Crippen LogP contribution in [0.4, 0.5) is 0 Å². The SMILES string of the molecule is C#C[n+]1c(-c2ccccc2)cc(-c2ccccc2)cc1-c1ccccc1. The molecule has 1 aromatic heterocycles. The van der Waals surface area contributed by atoms with Crippen LogP contribution in [0.25, 0.3) is 33.6 Å². The molecule has 0 aliphatic heterocycles. The Kier molecular flexibility index (Phi) is 4.33. The van der Waals surface area contributed by atoms with E-state index in [2.05, 4.69) is 66.7 Å². The highest BCUT2D eigenvalue weighted by atomic mass is 15.0. The largest absolute Gasteiger partial charge is 0.229 e. The van der Waals surface area contributed by atoms with Gasteiger partial charge >= 0.3 is 0 Å². The Labute approximate surface area is 154 Å². The zero-order chi connectivity index (χ0) is 17.8. The summed E-state index contributed by atoms with van der Waals surface area (Å²) in [5.74, 6) is 0. The van der Waals surface area contributed by atoms with Crippen molar-refractivity contribution in [3.8, 4) is 46.1 Å². The first-order chi connectivity index (χ1) is 12.9. The summed E-state index contributed by atoms with van der Waals surface area (Å²) in [5, 5.41) is 0. The zero-order valence-corrected chi connectivity index (χ0v) is 14.3. The third-order valence-corrected chi connectivity index (χ3v) is 4.44. The number of hydrogen-bond donors (Lipinski definition) is 0. The molecule has 0 bridgehead atoms. The predicted molar refractivity (Wildman–Crippen MR) is 107 cm³/mol. The van der Waals surface area contributed by atoms with E-state index >= 15 is 0 Å². The molecule has 26 heavy (non-hydrogen) atoms. The summed E-state index contributed by atoms with van der Waals surface area (Å²) in [6.07, 6.45) is 5.93. The highest BCUT2D eigenvalue weighted by molar-refractivity contribution is 5.73. The van der Waals surface area contributed by atoms with Gasteiger partial charge < -0.3 is 0 Å². The lowest BCUT2D eigenvalue weighted by Gasteiger charge is -2.08. The lowest BCUT2D eigenvalue weighted by molar-refractivity contribution is -0.559. The average molecular weight is 332 g/mol. The van der Waals surface area contributed by atoms with E-state index in [9.17, 15) is 0 Å². The van der Waals surface area contributed by atoms with Crippen LogP contribution in [0, 0.1) is 12.5 Å². The molecule has 0 spiro atoms. The van der Waals surface area contributed by atoms with Gasteiger partial charge in [0.2, 0.25) is 17.4 Å². The monoisotopic (exact) mass is 332 g/mol. The molecule has 0 aliphatic rings. The Morgan fingerprint density at radius 1 is 0.500 bits per heavy atom. The second-order valence-electron chi connectivity index (χ2n) is 6.08. The second-order valence-corrected chi connectivity index (χ2v) is 6.08. The Morgan fingerprint density at radius 2 is 0.885 bits per heavy atom. The average Bonchev–Trinajstić information content (AvgIpc) is 2.74. The van der Waals surface area contributed by atoms with Gasteiger partial charge in [-0.2, -0.15) is 0 Å². The van der Waals surface area contributed by atoms with Crippen molar-refractivity contribution in [2.24, 2.45) is 0 Å². The molecule has 0 saturated heterocycles. The standard InChI is InChI=1S/C25H18N/c1-2-26-24(21-14-8-4-9-15-21)18-23(20-12-6-3-7-13-20)19-25(26)22-16-10-5-11-17-22/h1,3-19H/q+1. The van der Waals surface area contributed by atoms with Crippen LogP contribution < -0.4 is 4.57 Å². The number of terminal acetylenes is 1. The van der Waals surface area contributed by atoms with Crippen molar-refractivity contribution in [2.45, 2.75) is 0 Å². The van der Waals surface area contributed by atoms with Gasteiger partial charge in [-0.05, 0) is 41.8 Å². The molecule has 1 heteroatoms. The highest BCUT2D eigenvalue weighted by Crippen LogP contribution is 2.28. The van der Waals surface area contributed by atoms with E-state index in [0.717, 1.165) is 28.1 Å². The fourth-order valence-corrected chi connectivity index (χ4v) is 3.17. The number of aromatic nitrogens is 1. The summed E-state index contributed by atoms with van der Waals surface area (Å²) >= 11 is 0. The highest BCUT2D eigenvalue weighted by Gasteiger charge is 2.21. The van der Waals surface area contributed by atoms with Gasteiger partial charge in [-0.3, -0.25) is 0 Å². The third kappa shape index (κ3) is 3.01. The van der Waals surface area contributed by atoms with Crippen LogP contribution in [-0.4, -0.2) is 0 Å². The smallest absolute Gasteiger partial charge is 0.104 e. The van der Waals surface area contributed by atoms with E-state index in [1.165, 1.54) is 5.56 Å². The van der Waals surface area contributed by atoms with Gasteiger partial charge in [0.05, 0.1) is 0 Å². The minimum absolute atomic E-state index is 1.01. The molecule has 0 radical (unpaired) electrons. The Morgan fingerprint density at radius 3 is 1.27 bits per heavy atom. The maximum atomic E-state index is 5.93. The second kappa shape index (κ2) is 7.09. The summed E-state index contributed by atoms with van der Waals surface area (Å²) in [7, 11) is 0. The molecule has 4 rings (SSSR count). The van der Waals surface area contributed by atoms with Gasteiger partial charge in [-0.1, -0.05) is 66.7 Å². The molecule has 122 valence electrons. The topological polar surface area (TPSA) is 3.88 Å². The van der Waals surface area contributed by atoms with Gasteiger partial charge in [0.15, 0.2) is 0 Å². The summed E-state index contributed by atoms with van der Waals surface area (Å²) in [6.45, 7) is 0. The van der Waals surface area contributed by atoms with Crippen LogP contribution in [0.2, 0.25) is 0 Å². The van der Waals surface area contributed by atoms with E-state index < -0.39 is 0 Å². The van der Waals surface area contributed by atoms with E-state index in [1.54, 1.807) is 0 Å². The van der Waals surface area contributed by atoms with Crippen LogP contribution in [0.15, 0.2) is 103 Å². The summed E-state index contributed by atoms with van der Waals surface area (Å²) < 4.78 is 1.93. The molecule has 1 nitrogen and oxygen atoms in total. The fraction of sp³-hybridized carbons (Fsp3) is 0. The lowest BCUT2D eigenvalue weighted by Crippen LogP contribution is -2.34. The molecule has 0 aliphatic carbocycles. The zero-order valence-electron chi connectivity index (χ0n) is 14.3. The molecule has 3 aromatic carbocycles. The van der Waals surface area contributed by atoms with E-state index in [4.69, 9.17) is 6.42 Å². The van der Waals surface area contributed by atoms with Gasteiger partial charge in [-0.25, -0.2) is 0 Å². The number of hydrogen-bond acceptors (Lipinski definition) is 0. The normalized spacial score (nSPS) is 10.3. The molecule has 0 amide bonds. The number of pyridine rings is 1. The van der Waals surface area contributed by atoms with E-state index in [1.807, 2.05) is 47.0 Å². The number of benzene rings is 3. The number of nitrogens with zero attached hydrogens (tertiary/aromatic N) is 1. The lowest BCUT2D eigenvalue weighted by atomic mass is 9.99. The van der Waals surface area contributed by atoms with E-state index in [-0.39, 0.29) is 0 Å². The first-order valence-corrected chi connectivity index (χ1v) is 8.60. The van der Waals surface area contributed by atoms with Gasteiger partial charge in [0, 0.05) is 23.3 Å². The van der Waals surface area contributed by atoms with Gasteiger partial charge in [0.25, 0.3) is 0 Å². The Hall–Kier alpha value is -3.63. The molecule has 1 heterocycles. The molecule has 0 atom stereocenters. The van der Waals surface area contributed by atoms with Crippen LogP contribution in [-0.2, 0) is 0 Å². The molecule has 0 N–H and O–H groups in total. The van der Waals surface area contributed by atoms with Crippen LogP contribution in [0.5, 0.6) is 0 Å². The van der Waals surface area contributed by atoms with Crippen LogP contribution in [0.1, 0.15) is 0 Å². The van der Waals surface area contributed by atoms with Crippen molar-refractivity contribution >= 4 is 0 Å². The van der Waals surface area contributed by atoms with Crippen molar-refractivity contribution in [1.29, 1.82) is 0 Å². The van der Waals surface area contributed by atoms with Crippen LogP contribution in [0.3, 0.4) is 0 Å². The first-order valence-electron chi connectivity index (χ1n) is 8.60. The third-order valence-electron chi connectivity index (χ3n) is 4.44. The van der Waals surface area contributed by atoms with Gasteiger partial charge in [0.1, 0.15) is 0 Å². The van der Waals surface area contributed by atoms with Crippen molar-refractivity contribution in [3.05, 3.63) is 103 Å². The molecular weight excluding hydrogens is 314 g/mol. The molecule has 0 unspecified atom stereocenters. The first kappa shape index (κ1) is 15.9. The van der Waals surface area contributed by atoms with Gasteiger partial charge in [-0.15, -0.1) is 4.57 Å². The van der Waals surface area contributed by atoms with Crippen LogP contribution >= 0.6 is 0 Å². The van der Waals surface area contributed by atoms with Crippen molar-refractivity contribution in [3.63, 3.8) is 0 Å². The summed E-state index contributed by atoms with van der Waals surface area (Å²) in [5.41, 5.74) is 6.53. The molecule has 4 aromatic rings. The minimum Gasteiger partial charge on any atom is -0.104 e. The molecule has 0 fully saturated rings. The fourth-order valence-electron chi connectivity index (χ4n) is 3.17. The Bertz CT molecular complexity index is 999. The van der Waals surface area contributed by atoms with Crippen molar-refractivity contribution in [1.82, 2.24) is 0 Å². The predicted octanol–water partition coefficient (Wildman–Crippen LogP) is 5.41. The van der Waals surface area contributed by atoms with Crippen molar-refractivity contribution in [2.75, 3.05) is 0 Å². The quantitative estimate of drug-likeness (QED) is 0.349. The number of rotatable bonds is 3. The van der Waals surface area contributed by atoms with E-state index in [0.29, 0.717) is 0 Å². The molecule has 0 saturated carbocycles. The Balaban J connectivity index is 2.03.